The normalized spacial score (nSPS) is 12.4. The maximum Gasteiger partial charge on any atom is 0.0368 e. The predicted molar refractivity (Wildman–Crippen MR) is 82.3 cm³/mol. The standard InChI is InChI=1S/C17H29N/c1-4-7-12-16(6-3)18(15-8-5-2)17-13-10-9-11-14-17/h9-11,13-14,16H,4-8,12,15H2,1-3H3. The molecule has 0 N–H and O–H groups in total. The Labute approximate surface area is 113 Å². The van der Waals surface area contributed by atoms with E-state index in [1.807, 2.05) is 0 Å². The molecule has 0 bridgehead atoms. The van der Waals surface area contributed by atoms with Crippen LogP contribution in [0.1, 0.15) is 59.3 Å². The van der Waals surface area contributed by atoms with Crippen LogP contribution in [0.3, 0.4) is 0 Å². The van der Waals surface area contributed by atoms with E-state index < -0.39 is 0 Å². The highest BCUT2D eigenvalue weighted by Crippen LogP contribution is 2.22. The molecule has 0 spiro atoms. The molecule has 0 amide bonds. The first-order chi connectivity index (χ1) is 8.83. The zero-order valence-corrected chi connectivity index (χ0v) is 12.4. The van der Waals surface area contributed by atoms with E-state index in [9.17, 15) is 0 Å². The molecule has 0 aliphatic carbocycles. The lowest BCUT2D eigenvalue weighted by atomic mass is 10.0. The summed E-state index contributed by atoms with van der Waals surface area (Å²) in [7, 11) is 0. The van der Waals surface area contributed by atoms with Crippen molar-refractivity contribution in [1.82, 2.24) is 0 Å². The van der Waals surface area contributed by atoms with E-state index in [-0.39, 0.29) is 0 Å². The van der Waals surface area contributed by atoms with Crippen LogP contribution in [-0.4, -0.2) is 12.6 Å². The fraction of sp³-hybridized carbons (Fsp3) is 0.647. The number of unbranched alkanes of at least 4 members (excludes halogenated alkanes) is 2. The Morgan fingerprint density at radius 2 is 1.61 bits per heavy atom. The largest absolute Gasteiger partial charge is 0.369 e. The summed E-state index contributed by atoms with van der Waals surface area (Å²) in [6.45, 7) is 8.08. The molecule has 0 saturated heterocycles. The van der Waals surface area contributed by atoms with Gasteiger partial charge in [-0.2, -0.15) is 0 Å². The van der Waals surface area contributed by atoms with Gasteiger partial charge in [-0.3, -0.25) is 0 Å². The molecular formula is C17H29N. The number of hydrogen-bond donors (Lipinski definition) is 0. The summed E-state index contributed by atoms with van der Waals surface area (Å²) in [4.78, 5) is 2.62. The van der Waals surface area contributed by atoms with E-state index in [2.05, 4.69) is 56.0 Å². The van der Waals surface area contributed by atoms with Gasteiger partial charge in [-0.1, -0.05) is 58.2 Å². The fourth-order valence-corrected chi connectivity index (χ4v) is 2.49. The monoisotopic (exact) mass is 247 g/mol. The molecule has 1 nitrogen and oxygen atoms in total. The van der Waals surface area contributed by atoms with Crippen LogP contribution in [0.25, 0.3) is 0 Å². The molecule has 1 heteroatoms. The molecule has 0 radical (unpaired) electrons. The van der Waals surface area contributed by atoms with Crippen LogP contribution >= 0.6 is 0 Å². The summed E-state index contributed by atoms with van der Waals surface area (Å²) < 4.78 is 0. The second kappa shape index (κ2) is 9.02. The van der Waals surface area contributed by atoms with Crippen molar-refractivity contribution in [2.24, 2.45) is 0 Å². The average molecular weight is 247 g/mol. The lowest BCUT2D eigenvalue weighted by Gasteiger charge is -2.33. The first-order valence-corrected chi connectivity index (χ1v) is 7.65. The topological polar surface area (TPSA) is 3.24 Å². The lowest BCUT2D eigenvalue weighted by Crippen LogP contribution is -2.35. The van der Waals surface area contributed by atoms with Gasteiger partial charge in [0.05, 0.1) is 0 Å². The Morgan fingerprint density at radius 3 is 2.17 bits per heavy atom. The summed E-state index contributed by atoms with van der Waals surface area (Å²) in [5.41, 5.74) is 1.40. The molecule has 102 valence electrons. The fourth-order valence-electron chi connectivity index (χ4n) is 2.49. The van der Waals surface area contributed by atoms with E-state index in [0.717, 1.165) is 0 Å². The van der Waals surface area contributed by atoms with Crippen LogP contribution in [-0.2, 0) is 0 Å². The van der Waals surface area contributed by atoms with Crippen molar-refractivity contribution in [3.8, 4) is 0 Å². The number of rotatable bonds is 9. The second-order valence-corrected chi connectivity index (χ2v) is 5.09. The van der Waals surface area contributed by atoms with Crippen LogP contribution < -0.4 is 4.90 Å². The highest BCUT2D eigenvalue weighted by atomic mass is 15.2. The van der Waals surface area contributed by atoms with Crippen LogP contribution in [0.5, 0.6) is 0 Å². The zero-order valence-electron chi connectivity index (χ0n) is 12.4. The zero-order chi connectivity index (χ0) is 13.2. The van der Waals surface area contributed by atoms with E-state index in [4.69, 9.17) is 0 Å². The van der Waals surface area contributed by atoms with E-state index in [1.165, 1.54) is 50.8 Å². The van der Waals surface area contributed by atoms with Crippen LogP contribution in [0, 0.1) is 0 Å². The maximum absolute atomic E-state index is 2.62. The van der Waals surface area contributed by atoms with Gasteiger partial charge in [0.2, 0.25) is 0 Å². The summed E-state index contributed by atoms with van der Waals surface area (Å²) in [5, 5.41) is 0. The minimum Gasteiger partial charge on any atom is -0.369 e. The third-order valence-corrected chi connectivity index (χ3v) is 3.64. The van der Waals surface area contributed by atoms with Gasteiger partial charge in [0, 0.05) is 18.3 Å². The summed E-state index contributed by atoms with van der Waals surface area (Å²) >= 11 is 0. The minimum atomic E-state index is 0.707. The van der Waals surface area contributed by atoms with Gasteiger partial charge in [-0.05, 0) is 31.4 Å². The van der Waals surface area contributed by atoms with E-state index in [1.54, 1.807) is 0 Å². The van der Waals surface area contributed by atoms with Gasteiger partial charge in [-0.15, -0.1) is 0 Å². The smallest absolute Gasteiger partial charge is 0.0368 e. The summed E-state index contributed by atoms with van der Waals surface area (Å²) in [6, 6.07) is 11.6. The number of nitrogens with zero attached hydrogens (tertiary/aromatic N) is 1. The first-order valence-electron chi connectivity index (χ1n) is 7.65. The van der Waals surface area contributed by atoms with Crippen molar-refractivity contribution in [2.45, 2.75) is 65.3 Å². The number of para-hydroxylation sites is 1. The van der Waals surface area contributed by atoms with Crippen LogP contribution in [0.4, 0.5) is 5.69 Å². The Kier molecular flexibility index (Phi) is 7.55. The average Bonchev–Trinajstić information content (AvgIpc) is 2.43. The molecule has 1 atom stereocenters. The molecule has 0 aromatic heterocycles. The molecular weight excluding hydrogens is 218 g/mol. The molecule has 1 rings (SSSR count). The number of hydrogen-bond acceptors (Lipinski definition) is 1. The number of anilines is 1. The Balaban J connectivity index is 2.75. The quantitative estimate of drug-likeness (QED) is 0.575. The number of benzene rings is 1. The molecule has 1 aromatic rings. The van der Waals surface area contributed by atoms with Gasteiger partial charge >= 0.3 is 0 Å². The van der Waals surface area contributed by atoms with Gasteiger partial charge in [0.1, 0.15) is 0 Å². The van der Waals surface area contributed by atoms with Crippen molar-refractivity contribution in [3.05, 3.63) is 30.3 Å². The molecule has 0 aliphatic heterocycles. The predicted octanol–water partition coefficient (Wildman–Crippen LogP) is 5.26. The van der Waals surface area contributed by atoms with Crippen molar-refractivity contribution in [1.29, 1.82) is 0 Å². The summed E-state index contributed by atoms with van der Waals surface area (Å²) in [5.74, 6) is 0. The van der Waals surface area contributed by atoms with E-state index >= 15 is 0 Å². The molecule has 0 fully saturated rings. The second-order valence-electron chi connectivity index (χ2n) is 5.09. The third kappa shape index (κ3) is 4.72. The van der Waals surface area contributed by atoms with Crippen molar-refractivity contribution in [2.75, 3.05) is 11.4 Å². The van der Waals surface area contributed by atoms with Gasteiger partial charge in [-0.25, -0.2) is 0 Å². The Bertz CT molecular complexity index is 294. The molecule has 1 aromatic carbocycles. The molecule has 0 heterocycles. The minimum absolute atomic E-state index is 0.707. The Morgan fingerprint density at radius 1 is 0.944 bits per heavy atom. The molecule has 0 aliphatic rings. The lowest BCUT2D eigenvalue weighted by molar-refractivity contribution is 0.505. The maximum atomic E-state index is 2.62. The van der Waals surface area contributed by atoms with Gasteiger partial charge < -0.3 is 4.90 Å². The molecule has 1 unspecified atom stereocenters. The van der Waals surface area contributed by atoms with Crippen molar-refractivity contribution in [3.63, 3.8) is 0 Å². The SMILES string of the molecule is CCCCC(CC)N(CCCC)c1ccccc1. The van der Waals surface area contributed by atoms with Crippen molar-refractivity contribution >= 4 is 5.69 Å². The van der Waals surface area contributed by atoms with E-state index in [0.29, 0.717) is 6.04 Å². The van der Waals surface area contributed by atoms with Crippen LogP contribution in [0.2, 0.25) is 0 Å². The first kappa shape index (κ1) is 15.1. The highest BCUT2D eigenvalue weighted by Gasteiger charge is 2.15. The third-order valence-electron chi connectivity index (χ3n) is 3.64. The highest BCUT2D eigenvalue weighted by molar-refractivity contribution is 5.47. The van der Waals surface area contributed by atoms with Crippen molar-refractivity contribution < 1.29 is 0 Å². The van der Waals surface area contributed by atoms with Gasteiger partial charge in [0.25, 0.3) is 0 Å². The van der Waals surface area contributed by atoms with Gasteiger partial charge in [0.15, 0.2) is 0 Å². The Hall–Kier alpha value is -0.980. The molecule has 18 heavy (non-hydrogen) atoms. The summed E-state index contributed by atoms with van der Waals surface area (Å²) in [6.07, 6.45) is 7.77. The molecule has 0 saturated carbocycles. The van der Waals surface area contributed by atoms with Crippen LogP contribution in [0.15, 0.2) is 30.3 Å².